The van der Waals surface area contributed by atoms with Crippen molar-refractivity contribution < 1.29 is 18.9 Å². The average molecular weight is 377 g/mol. The van der Waals surface area contributed by atoms with Gasteiger partial charge in [-0.05, 0) is 44.4 Å². The number of nitrogens with one attached hydrogen (secondary N) is 1. The smallest absolute Gasteiger partial charge is 0.328 e. The van der Waals surface area contributed by atoms with Gasteiger partial charge in [-0.2, -0.15) is 0 Å². The monoisotopic (exact) mass is 377 g/mol. The first-order chi connectivity index (χ1) is 12.3. The van der Waals surface area contributed by atoms with Gasteiger partial charge in [0, 0.05) is 48.7 Å². The van der Waals surface area contributed by atoms with Crippen LogP contribution in [0.2, 0.25) is 0 Å². The summed E-state index contributed by atoms with van der Waals surface area (Å²) in [7, 11) is -2.59. The molecular formula is C18H24N3O4P. The Bertz CT molecular complexity index is 781. The zero-order valence-electron chi connectivity index (χ0n) is 15.1. The van der Waals surface area contributed by atoms with E-state index in [1.807, 2.05) is 12.1 Å². The van der Waals surface area contributed by atoms with Crippen LogP contribution in [0.5, 0.6) is 0 Å². The number of anilines is 2. The molecule has 2 fully saturated rings. The van der Waals surface area contributed by atoms with E-state index in [9.17, 15) is 18.9 Å². The lowest BCUT2D eigenvalue weighted by Crippen LogP contribution is -2.49. The molecule has 7 nitrogen and oxygen atoms in total. The average Bonchev–Trinajstić information content (AvgIpc) is 2.61. The van der Waals surface area contributed by atoms with E-state index in [4.69, 9.17) is 0 Å². The highest BCUT2D eigenvalue weighted by Crippen LogP contribution is 2.41. The van der Waals surface area contributed by atoms with Crippen molar-refractivity contribution in [3.63, 3.8) is 0 Å². The maximum absolute atomic E-state index is 12.9. The predicted octanol–water partition coefficient (Wildman–Crippen LogP) is 1.80. The lowest BCUT2D eigenvalue weighted by atomic mass is 9.98. The highest BCUT2D eigenvalue weighted by molar-refractivity contribution is 7.70. The number of imide groups is 1. The van der Waals surface area contributed by atoms with Crippen molar-refractivity contribution in [2.75, 3.05) is 42.8 Å². The van der Waals surface area contributed by atoms with Crippen LogP contribution >= 0.6 is 7.14 Å². The molecule has 0 bridgehead atoms. The molecule has 0 aromatic heterocycles. The SMILES string of the molecule is CP(C)(=O)c1cc(N2CCC(=O)NC2=O)ccc1N1CCC(C=O)CC1. The minimum atomic E-state index is -2.59. The van der Waals surface area contributed by atoms with Gasteiger partial charge in [-0.15, -0.1) is 0 Å². The fourth-order valence-corrected chi connectivity index (χ4v) is 4.68. The van der Waals surface area contributed by atoms with Crippen molar-refractivity contribution in [2.45, 2.75) is 19.3 Å². The molecule has 3 amide bonds. The minimum Gasteiger partial charge on any atom is -0.371 e. The van der Waals surface area contributed by atoms with E-state index >= 15 is 0 Å². The molecule has 0 radical (unpaired) electrons. The van der Waals surface area contributed by atoms with Crippen LogP contribution in [0.4, 0.5) is 16.2 Å². The van der Waals surface area contributed by atoms with Crippen LogP contribution in [0.3, 0.4) is 0 Å². The van der Waals surface area contributed by atoms with Gasteiger partial charge in [-0.25, -0.2) is 4.79 Å². The summed E-state index contributed by atoms with van der Waals surface area (Å²) < 4.78 is 12.9. The predicted molar refractivity (Wildman–Crippen MR) is 102 cm³/mol. The number of hydrogen-bond acceptors (Lipinski definition) is 5. The number of carbonyl (C=O) groups excluding carboxylic acids is 3. The fourth-order valence-electron chi connectivity index (χ4n) is 3.47. The van der Waals surface area contributed by atoms with E-state index in [1.165, 1.54) is 4.90 Å². The molecule has 2 aliphatic heterocycles. The first-order valence-corrected chi connectivity index (χ1v) is 11.4. The van der Waals surface area contributed by atoms with Gasteiger partial charge >= 0.3 is 6.03 Å². The Kier molecular flexibility index (Phi) is 5.19. The van der Waals surface area contributed by atoms with Gasteiger partial charge < -0.3 is 14.3 Å². The van der Waals surface area contributed by atoms with Crippen LogP contribution in [-0.4, -0.2) is 51.2 Å². The molecule has 26 heavy (non-hydrogen) atoms. The summed E-state index contributed by atoms with van der Waals surface area (Å²) in [5.74, 6) is -0.184. The number of aldehydes is 1. The Labute approximate surface area is 153 Å². The van der Waals surface area contributed by atoms with E-state index < -0.39 is 13.2 Å². The molecule has 1 aromatic carbocycles. The zero-order valence-corrected chi connectivity index (χ0v) is 16.0. The number of urea groups is 1. The molecule has 3 rings (SSSR count). The number of benzene rings is 1. The van der Waals surface area contributed by atoms with Crippen LogP contribution in [-0.2, 0) is 14.2 Å². The lowest BCUT2D eigenvalue weighted by molar-refractivity contribution is -0.120. The van der Waals surface area contributed by atoms with Crippen molar-refractivity contribution >= 4 is 42.0 Å². The topological polar surface area (TPSA) is 86.8 Å². The fraction of sp³-hybridized carbons (Fsp3) is 0.500. The van der Waals surface area contributed by atoms with Crippen molar-refractivity contribution in [1.29, 1.82) is 0 Å². The third kappa shape index (κ3) is 3.83. The molecule has 1 N–H and O–H groups in total. The summed E-state index contributed by atoms with van der Waals surface area (Å²) >= 11 is 0. The van der Waals surface area contributed by atoms with Crippen LogP contribution in [0.1, 0.15) is 19.3 Å². The van der Waals surface area contributed by atoms with E-state index in [0.717, 1.165) is 43.2 Å². The molecule has 1 aromatic rings. The molecule has 140 valence electrons. The quantitative estimate of drug-likeness (QED) is 0.639. The molecule has 0 unspecified atom stereocenters. The largest absolute Gasteiger partial charge is 0.371 e. The van der Waals surface area contributed by atoms with Gasteiger partial charge in [0.05, 0.1) is 0 Å². The standard InChI is InChI=1S/C18H24N3O4P/c1-26(2,25)16-11-14(21-10-7-17(23)19-18(21)24)3-4-15(16)20-8-5-13(12-22)6-9-20/h3-4,11-13H,5-10H2,1-2H3,(H,19,23,24). The molecule has 2 aliphatic rings. The Morgan fingerprint density at radius 2 is 1.85 bits per heavy atom. The van der Waals surface area contributed by atoms with E-state index in [-0.39, 0.29) is 18.2 Å². The summed E-state index contributed by atoms with van der Waals surface area (Å²) in [5.41, 5.74) is 1.54. The third-order valence-electron chi connectivity index (χ3n) is 4.98. The first kappa shape index (κ1) is 18.6. The number of amides is 3. The van der Waals surface area contributed by atoms with Gasteiger partial charge in [-0.3, -0.25) is 15.0 Å². The maximum atomic E-state index is 12.9. The van der Waals surface area contributed by atoms with E-state index in [0.29, 0.717) is 12.2 Å². The van der Waals surface area contributed by atoms with Gasteiger partial charge in [0.25, 0.3) is 0 Å². The third-order valence-corrected chi connectivity index (χ3v) is 6.50. The van der Waals surface area contributed by atoms with E-state index in [2.05, 4.69) is 10.2 Å². The molecule has 2 heterocycles. The second kappa shape index (κ2) is 7.23. The number of nitrogens with zero attached hydrogens (tertiary/aromatic N) is 2. The van der Waals surface area contributed by atoms with Gasteiger partial charge in [0.2, 0.25) is 5.91 Å². The maximum Gasteiger partial charge on any atom is 0.328 e. The number of hydrogen-bond donors (Lipinski definition) is 1. The summed E-state index contributed by atoms with van der Waals surface area (Å²) in [5, 5.41) is 3.04. The summed E-state index contributed by atoms with van der Waals surface area (Å²) in [4.78, 5) is 38.1. The highest BCUT2D eigenvalue weighted by atomic mass is 31.2. The highest BCUT2D eigenvalue weighted by Gasteiger charge is 2.28. The molecule has 0 atom stereocenters. The second-order valence-corrected chi connectivity index (χ2v) is 10.4. The molecular weight excluding hydrogens is 353 g/mol. The summed E-state index contributed by atoms with van der Waals surface area (Å²) in [6.07, 6.45) is 2.85. The zero-order chi connectivity index (χ0) is 18.9. The van der Waals surface area contributed by atoms with Crippen LogP contribution in [0, 0.1) is 5.92 Å². The van der Waals surface area contributed by atoms with Crippen LogP contribution in [0.15, 0.2) is 18.2 Å². The molecule has 8 heteroatoms. The minimum absolute atomic E-state index is 0.0959. The Morgan fingerprint density at radius 1 is 1.15 bits per heavy atom. The molecule has 0 spiro atoms. The second-order valence-electron chi connectivity index (χ2n) is 7.24. The van der Waals surface area contributed by atoms with Crippen molar-refractivity contribution in [3.05, 3.63) is 18.2 Å². The number of piperidine rings is 1. The van der Waals surface area contributed by atoms with Crippen molar-refractivity contribution in [3.8, 4) is 0 Å². The van der Waals surface area contributed by atoms with E-state index in [1.54, 1.807) is 19.4 Å². The number of carbonyl (C=O) groups is 3. The Balaban J connectivity index is 1.92. The normalized spacial score (nSPS) is 19.5. The molecule has 0 aliphatic carbocycles. The lowest BCUT2D eigenvalue weighted by Gasteiger charge is -2.34. The van der Waals surface area contributed by atoms with Crippen molar-refractivity contribution in [1.82, 2.24) is 5.32 Å². The van der Waals surface area contributed by atoms with Crippen LogP contribution in [0.25, 0.3) is 0 Å². The number of rotatable bonds is 4. The van der Waals surface area contributed by atoms with Crippen molar-refractivity contribution in [2.24, 2.45) is 5.92 Å². The van der Waals surface area contributed by atoms with Crippen LogP contribution < -0.4 is 20.4 Å². The summed E-state index contributed by atoms with van der Waals surface area (Å²) in [6.45, 7) is 5.23. The molecule has 0 saturated carbocycles. The van der Waals surface area contributed by atoms with Gasteiger partial charge in [-0.1, -0.05) is 0 Å². The Morgan fingerprint density at radius 3 is 2.42 bits per heavy atom. The Hall–Kier alpha value is -2.14. The first-order valence-electron chi connectivity index (χ1n) is 8.81. The summed E-state index contributed by atoms with van der Waals surface area (Å²) in [6, 6.07) is 5.08. The molecule has 2 saturated heterocycles. The van der Waals surface area contributed by atoms with Gasteiger partial charge in [0.15, 0.2) is 0 Å². The van der Waals surface area contributed by atoms with Gasteiger partial charge in [0.1, 0.15) is 13.4 Å².